The molecule has 0 fully saturated rings. The van der Waals surface area contributed by atoms with Crippen LogP contribution in [0.3, 0.4) is 0 Å². The van der Waals surface area contributed by atoms with Crippen molar-refractivity contribution in [3.05, 3.63) is 64.0 Å². The summed E-state index contributed by atoms with van der Waals surface area (Å²) in [6, 6.07) is 10.5. The van der Waals surface area contributed by atoms with Crippen molar-refractivity contribution < 1.29 is 4.79 Å². The lowest BCUT2D eigenvalue weighted by atomic mass is 10.1. The van der Waals surface area contributed by atoms with Crippen LogP contribution in [0.1, 0.15) is 29.1 Å². The molecule has 0 aliphatic carbocycles. The topological polar surface area (TPSA) is 63.9 Å². The Balaban J connectivity index is 1.67. The van der Waals surface area contributed by atoms with Gasteiger partial charge in [0.1, 0.15) is 5.69 Å². The van der Waals surface area contributed by atoms with E-state index in [9.17, 15) is 4.79 Å². The third-order valence-electron chi connectivity index (χ3n) is 4.52. The second-order valence-corrected chi connectivity index (χ2v) is 6.81. The lowest BCUT2D eigenvalue weighted by Crippen LogP contribution is -2.41. The lowest BCUT2D eigenvalue weighted by molar-refractivity contribution is 0.0638. The van der Waals surface area contributed by atoms with Crippen LogP contribution >= 0.6 is 23.2 Å². The molecule has 0 spiro atoms. The molecule has 0 saturated heterocycles. The van der Waals surface area contributed by atoms with Crippen molar-refractivity contribution >= 4 is 29.1 Å². The molecule has 1 amide bonds. The number of benzene rings is 1. The summed E-state index contributed by atoms with van der Waals surface area (Å²) in [6.45, 7) is 3.04. The van der Waals surface area contributed by atoms with E-state index in [0.29, 0.717) is 29.5 Å². The highest BCUT2D eigenvalue weighted by atomic mass is 35.5. The fourth-order valence-corrected chi connectivity index (χ4v) is 3.55. The van der Waals surface area contributed by atoms with Crippen LogP contribution < -0.4 is 0 Å². The monoisotopic (exact) mass is 387 g/mol. The Morgan fingerprint density at radius 2 is 1.96 bits per heavy atom. The molecule has 132 valence electrons. The molecule has 8 heteroatoms. The van der Waals surface area contributed by atoms with Crippen LogP contribution in [0, 0.1) is 0 Å². The molecule has 3 aromatic rings. The quantitative estimate of drug-likeness (QED) is 0.669. The van der Waals surface area contributed by atoms with Crippen LogP contribution in [-0.4, -0.2) is 37.1 Å². The van der Waals surface area contributed by atoms with E-state index in [4.69, 9.17) is 23.2 Å². The Labute approximate surface area is 160 Å². The standard InChI is InChI=1S/C18H15Cl2N5O/c1-11-16-22-23-17(14-7-2-3-8-21-14)25(16)10-9-24(11)18(26)12-5-4-6-13(19)15(12)20/h2-8,11H,9-10H2,1H3. The zero-order valence-electron chi connectivity index (χ0n) is 13.9. The number of aromatic nitrogens is 4. The molecule has 0 saturated carbocycles. The Morgan fingerprint density at radius 1 is 1.12 bits per heavy atom. The lowest BCUT2D eigenvalue weighted by Gasteiger charge is -2.34. The molecule has 0 bridgehead atoms. The van der Waals surface area contributed by atoms with Crippen LogP contribution in [0.25, 0.3) is 11.5 Å². The molecule has 0 radical (unpaired) electrons. The van der Waals surface area contributed by atoms with Gasteiger partial charge in [0.15, 0.2) is 11.6 Å². The van der Waals surface area contributed by atoms with E-state index < -0.39 is 0 Å². The third-order valence-corrected chi connectivity index (χ3v) is 5.34. The minimum atomic E-state index is -0.240. The van der Waals surface area contributed by atoms with Crippen LogP contribution in [-0.2, 0) is 6.54 Å². The van der Waals surface area contributed by atoms with Gasteiger partial charge in [0.2, 0.25) is 0 Å². The zero-order chi connectivity index (χ0) is 18.3. The van der Waals surface area contributed by atoms with Crippen LogP contribution in [0.2, 0.25) is 10.0 Å². The number of pyridine rings is 1. The summed E-state index contributed by atoms with van der Waals surface area (Å²) in [4.78, 5) is 19.1. The van der Waals surface area contributed by atoms with E-state index >= 15 is 0 Å². The molecule has 1 atom stereocenters. The Kier molecular flexibility index (Phi) is 4.38. The summed E-state index contributed by atoms with van der Waals surface area (Å²) >= 11 is 12.3. The Morgan fingerprint density at radius 3 is 2.73 bits per heavy atom. The first-order valence-electron chi connectivity index (χ1n) is 8.17. The minimum absolute atomic E-state index is 0.168. The van der Waals surface area contributed by atoms with Gasteiger partial charge >= 0.3 is 0 Å². The largest absolute Gasteiger partial charge is 0.327 e. The maximum absolute atomic E-state index is 13.0. The number of halogens is 2. The van der Waals surface area contributed by atoms with E-state index in [2.05, 4.69) is 15.2 Å². The number of carbonyl (C=O) groups is 1. The maximum Gasteiger partial charge on any atom is 0.256 e. The highest BCUT2D eigenvalue weighted by molar-refractivity contribution is 6.43. The predicted molar refractivity (Wildman–Crippen MR) is 99.2 cm³/mol. The van der Waals surface area contributed by atoms with Gasteiger partial charge in [0.25, 0.3) is 5.91 Å². The van der Waals surface area contributed by atoms with Gasteiger partial charge in [-0.3, -0.25) is 9.78 Å². The number of fused-ring (bicyclic) bond motifs is 1. The van der Waals surface area contributed by atoms with Gasteiger partial charge in [-0.05, 0) is 31.2 Å². The molecule has 6 nitrogen and oxygen atoms in total. The second-order valence-electron chi connectivity index (χ2n) is 6.02. The maximum atomic E-state index is 13.0. The number of hydrogen-bond donors (Lipinski definition) is 0. The van der Waals surface area contributed by atoms with Gasteiger partial charge in [-0.1, -0.05) is 35.3 Å². The highest BCUT2D eigenvalue weighted by Gasteiger charge is 2.33. The predicted octanol–water partition coefficient (Wildman–Crippen LogP) is 3.86. The molecule has 1 aliphatic rings. The van der Waals surface area contributed by atoms with Gasteiger partial charge in [-0.2, -0.15) is 0 Å². The van der Waals surface area contributed by atoms with Gasteiger partial charge < -0.3 is 9.47 Å². The molecule has 2 aromatic heterocycles. The molecule has 3 heterocycles. The van der Waals surface area contributed by atoms with Gasteiger partial charge in [-0.15, -0.1) is 10.2 Å². The summed E-state index contributed by atoms with van der Waals surface area (Å²) in [5, 5.41) is 9.22. The SMILES string of the molecule is CC1c2nnc(-c3ccccn3)n2CCN1C(=O)c1cccc(Cl)c1Cl. The summed E-state index contributed by atoms with van der Waals surface area (Å²) < 4.78 is 2.01. The fraction of sp³-hybridized carbons (Fsp3) is 0.222. The highest BCUT2D eigenvalue weighted by Crippen LogP contribution is 2.32. The Hall–Kier alpha value is -2.44. The average molecular weight is 388 g/mol. The fourth-order valence-electron chi connectivity index (χ4n) is 3.17. The first-order valence-corrected chi connectivity index (χ1v) is 8.93. The van der Waals surface area contributed by atoms with E-state index in [1.807, 2.05) is 29.7 Å². The average Bonchev–Trinajstić information content (AvgIpc) is 3.09. The number of nitrogens with zero attached hydrogens (tertiary/aromatic N) is 5. The van der Waals surface area contributed by atoms with Crippen LogP contribution in [0.15, 0.2) is 42.6 Å². The number of amides is 1. The molecular formula is C18H15Cl2N5O. The van der Waals surface area contributed by atoms with Crippen LogP contribution in [0.5, 0.6) is 0 Å². The number of hydrogen-bond acceptors (Lipinski definition) is 4. The summed E-state index contributed by atoms with van der Waals surface area (Å²) in [5.74, 6) is 1.27. The van der Waals surface area contributed by atoms with Crippen molar-refractivity contribution in [3.63, 3.8) is 0 Å². The van der Waals surface area contributed by atoms with Crippen molar-refractivity contribution in [2.24, 2.45) is 0 Å². The second kappa shape index (κ2) is 6.70. The zero-order valence-corrected chi connectivity index (χ0v) is 15.4. The molecule has 4 rings (SSSR count). The van der Waals surface area contributed by atoms with Crippen LogP contribution in [0.4, 0.5) is 0 Å². The normalized spacial score (nSPS) is 16.4. The van der Waals surface area contributed by atoms with E-state index in [-0.39, 0.29) is 17.0 Å². The molecule has 1 aromatic carbocycles. The van der Waals surface area contributed by atoms with Gasteiger partial charge in [0.05, 0.1) is 21.7 Å². The summed E-state index contributed by atoms with van der Waals surface area (Å²) in [7, 11) is 0. The Bertz CT molecular complexity index is 973. The summed E-state index contributed by atoms with van der Waals surface area (Å²) in [6.07, 6.45) is 1.72. The van der Waals surface area contributed by atoms with Gasteiger partial charge in [0, 0.05) is 19.3 Å². The summed E-state index contributed by atoms with van der Waals surface area (Å²) in [5.41, 5.74) is 1.15. The van der Waals surface area contributed by atoms with Crippen molar-refractivity contribution in [1.29, 1.82) is 0 Å². The molecular weight excluding hydrogens is 373 g/mol. The first-order chi connectivity index (χ1) is 12.6. The first kappa shape index (κ1) is 17.0. The van der Waals surface area contributed by atoms with Crippen molar-refractivity contribution in [2.75, 3.05) is 6.54 Å². The van der Waals surface area contributed by atoms with Crippen molar-refractivity contribution in [3.8, 4) is 11.5 Å². The van der Waals surface area contributed by atoms with Crippen molar-refractivity contribution in [1.82, 2.24) is 24.6 Å². The molecule has 1 aliphatic heterocycles. The van der Waals surface area contributed by atoms with E-state index in [0.717, 1.165) is 11.5 Å². The van der Waals surface area contributed by atoms with Gasteiger partial charge in [-0.25, -0.2) is 0 Å². The molecule has 0 N–H and O–H groups in total. The third kappa shape index (κ3) is 2.75. The smallest absolute Gasteiger partial charge is 0.256 e. The number of carbonyl (C=O) groups excluding carboxylic acids is 1. The molecule has 26 heavy (non-hydrogen) atoms. The van der Waals surface area contributed by atoms with E-state index in [1.54, 1.807) is 29.3 Å². The number of rotatable bonds is 2. The minimum Gasteiger partial charge on any atom is -0.327 e. The van der Waals surface area contributed by atoms with Crippen molar-refractivity contribution in [2.45, 2.75) is 19.5 Å². The van der Waals surface area contributed by atoms with E-state index in [1.165, 1.54) is 0 Å². The molecule has 1 unspecified atom stereocenters.